The molecule has 0 unspecified atom stereocenters. The van der Waals surface area contributed by atoms with Crippen LogP contribution >= 0.6 is 0 Å². The maximum Gasteiger partial charge on any atom is 0.162 e. The second-order valence-corrected chi connectivity index (χ2v) is 2.68. The smallest absolute Gasteiger partial charge is 0.162 e. The number of phenolic OH excluding ortho intramolecular Hbond substituents is 1. The minimum absolute atomic E-state index is 0.0625. The number of ketones is 1. The third kappa shape index (κ3) is 1.44. The number of hydrogen-bond donors (Lipinski definition) is 1. The van der Waals surface area contributed by atoms with Crippen LogP contribution in [0.2, 0.25) is 0 Å². The predicted molar refractivity (Wildman–Crippen MR) is 42.8 cm³/mol. The summed E-state index contributed by atoms with van der Waals surface area (Å²) in [5.74, 6) is -1.02. The van der Waals surface area contributed by atoms with Gasteiger partial charge in [-0.3, -0.25) is 4.79 Å². The Bertz CT molecular complexity index is 332. The molecule has 2 nitrogen and oxygen atoms in total. The van der Waals surface area contributed by atoms with Crippen molar-refractivity contribution in [3.63, 3.8) is 0 Å². The Morgan fingerprint density at radius 3 is 2.58 bits per heavy atom. The van der Waals surface area contributed by atoms with Crippen LogP contribution in [0, 0.1) is 12.7 Å². The van der Waals surface area contributed by atoms with Gasteiger partial charge in [0.2, 0.25) is 0 Å². The summed E-state index contributed by atoms with van der Waals surface area (Å²) in [5.41, 5.74) is 0.215. The Labute approximate surface area is 69.6 Å². The van der Waals surface area contributed by atoms with Crippen LogP contribution in [-0.2, 0) is 0 Å². The third-order valence-electron chi connectivity index (χ3n) is 1.62. The van der Waals surface area contributed by atoms with Crippen molar-refractivity contribution in [2.75, 3.05) is 0 Å². The molecule has 0 bridgehead atoms. The van der Waals surface area contributed by atoms with Crippen molar-refractivity contribution >= 4 is 5.78 Å². The first-order valence-electron chi connectivity index (χ1n) is 3.52. The van der Waals surface area contributed by atoms with E-state index in [0.717, 1.165) is 6.07 Å². The van der Waals surface area contributed by atoms with Crippen LogP contribution in [0.3, 0.4) is 0 Å². The number of halogens is 1. The van der Waals surface area contributed by atoms with Crippen LogP contribution in [0.4, 0.5) is 4.39 Å². The Balaban J connectivity index is 3.37. The van der Waals surface area contributed by atoms with Crippen molar-refractivity contribution in [2.24, 2.45) is 0 Å². The molecule has 1 aromatic rings. The molecule has 0 fully saturated rings. The number of phenols is 1. The van der Waals surface area contributed by atoms with Gasteiger partial charge >= 0.3 is 0 Å². The molecule has 12 heavy (non-hydrogen) atoms. The number of carbonyl (C=O) groups excluding carboxylic acids is 1. The highest BCUT2D eigenvalue weighted by Crippen LogP contribution is 2.19. The van der Waals surface area contributed by atoms with E-state index in [9.17, 15) is 9.18 Å². The van der Waals surface area contributed by atoms with Gasteiger partial charge in [-0.2, -0.15) is 0 Å². The molecule has 0 radical (unpaired) electrons. The van der Waals surface area contributed by atoms with Gasteiger partial charge in [0.05, 0.1) is 5.56 Å². The molecular formula is C9H9FO2. The molecular weight excluding hydrogens is 159 g/mol. The van der Waals surface area contributed by atoms with Crippen molar-refractivity contribution in [2.45, 2.75) is 13.8 Å². The van der Waals surface area contributed by atoms with Crippen molar-refractivity contribution in [3.8, 4) is 5.75 Å². The zero-order valence-electron chi connectivity index (χ0n) is 6.89. The maximum absolute atomic E-state index is 13.1. The van der Waals surface area contributed by atoms with Crippen molar-refractivity contribution in [3.05, 3.63) is 29.1 Å². The van der Waals surface area contributed by atoms with E-state index < -0.39 is 5.82 Å². The summed E-state index contributed by atoms with van der Waals surface area (Å²) in [6.07, 6.45) is 0. The summed E-state index contributed by atoms with van der Waals surface area (Å²) in [7, 11) is 0. The molecule has 0 spiro atoms. The van der Waals surface area contributed by atoms with Crippen LogP contribution < -0.4 is 0 Å². The van der Waals surface area contributed by atoms with Crippen molar-refractivity contribution < 1.29 is 14.3 Å². The summed E-state index contributed by atoms with van der Waals surface area (Å²) >= 11 is 0. The van der Waals surface area contributed by atoms with Crippen LogP contribution in [-0.4, -0.2) is 10.9 Å². The van der Waals surface area contributed by atoms with Gasteiger partial charge < -0.3 is 5.11 Å². The lowest BCUT2D eigenvalue weighted by molar-refractivity contribution is 0.101. The van der Waals surface area contributed by atoms with Gasteiger partial charge in [-0.05, 0) is 31.5 Å². The van der Waals surface area contributed by atoms with Crippen LogP contribution in [0.1, 0.15) is 22.8 Å². The molecule has 0 atom stereocenters. The standard InChI is InChI=1S/C9H9FO2/c1-5-3-7(12)4-8(6(2)11)9(5)10/h3-4,12H,1-2H3. The van der Waals surface area contributed by atoms with E-state index in [-0.39, 0.29) is 22.7 Å². The zero-order chi connectivity index (χ0) is 9.30. The molecule has 0 saturated heterocycles. The highest BCUT2D eigenvalue weighted by Gasteiger charge is 2.10. The molecule has 1 aromatic carbocycles. The molecule has 0 saturated carbocycles. The van der Waals surface area contributed by atoms with Gasteiger partial charge in [0.25, 0.3) is 0 Å². The Morgan fingerprint density at radius 1 is 1.50 bits per heavy atom. The first-order chi connectivity index (χ1) is 5.52. The lowest BCUT2D eigenvalue weighted by Gasteiger charge is -2.02. The lowest BCUT2D eigenvalue weighted by atomic mass is 10.1. The highest BCUT2D eigenvalue weighted by atomic mass is 19.1. The molecule has 1 rings (SSSR count). The van der Waals surface area contributed by atoms with E-state index in [1.807, 2.05) is 0 Å². The molecule has 3 heteroatoms. The second kappa shape index (κ2) is 2.93. The molecule has 0 amide bonds. The SMILES string of the molecule is CC(=O)c1cc(O)cc(C)c1F. The Kier molecular flexibility index (Phi) is 2.13. The summed E-state index contributed by atoms with van der Waals surface area (Å²) in [6.45, 7) is 2.76. The first-order valence-corrected chi connectivity index (χ1v) is 3.52. The number of rotatable bonds is 1. The molecule has 0 aromatic heterocycles. The molecule has 1 N–H and O–H groups in total. The Hall–Kier alpha value is -1.38. The van der Waals surface area contributed by atoms with Gasteiger partial charge in [0.15, 0.2) is 5.78 Å². The van der Waals surface area contributed by atoms with Crippen LogP contribution in [0.15, 0.2) is 12.1 Å². The van der Waals surface area contributed by atoms with Gasteiger partial charge in [-0.25, -0.2) is 4.39 Å². The number of aryl methyl sites for hydroxylation is 1. The number of aromatic hydroxyl groups is 1. The van der Waals surface area contributed by atoms with E-state index in [2.05, 4.69) is 0 Å². The number of Topliss-reactive ketones (excluding diaryl/α,β-unsaturated/α-hetero) is 1. The van der Waals surface area contributed by atoms with Gasteiger partial charge in [0, 0.05) is 0 Å². The topological polar surface area (TPSA) is 37.3 Å². The zero-order valence-corrected chi connectivity index (χ0v) is 6.89. The largest absolute Gasteiger partial charge is 0.508 e. The fourth-order valence-electron chi connectivity index (χ4n) is 1.01. The van der Waals surface area contributed by atoms with E-state index in [1.165, 1.54) is 19.9 Å². The molecule has 0 aliphatic rings. The van der Waals surface area contributed by atoms with E-state index >= 15 is 0 Å². The second-order valence-electron chi connectivity index (χ2n) is 2.68. The maximum atomic E-state index is 13.1. The highest BCUT2D eigenvalue weighted by molar-refractivity contribution is 5.94. The number of carbonyl (C=O) groups is 1. The summed E-state index contributed by atoms with van der Waals surface area (Å²) < 4.78 is 13.1. The lowest BCUT2D eigenvalue weighted by Crippen LogP contribution is -1.98. The summed E-state index contributed by atoms with van der Waals surface area (Å²) in [4.78, 5) is 10.8. The van der Waals surface area contributed by atoms with E-state index in [4.69, 9.17) is 5.11 Å². The Morgan fingerprint density at radius 2 is 2.08 bits per heavy atom. The van der Waals surface area contributed by atoms with Gasteiger partial charge in [-0.15, -0.1) is 0 Å². The quantitative estimate of drug-likeness (QED) is 0.651. The number of hydrogen-bond acceptors (Lipinski definition) is 2. The minimum Gasteiger partial charge on any atom is -0.508 e. The molecule has 0 heterocycles. The summed E-state index contributed by atoms with van der Waals surface area (Å²) in [5, 5.41) is 9.05. The average Bonchev–Trinajstić information content (AvgIpc) is 1.96. The minimum atomic E-state index is -0.555. The van der Waals surface area contributed by atoms with Gasteiger partial charge in [-0.1, -0.05) is 0 Å². The van der Waals surface area contributed by atoms with Crippen LogP contribution in [0.25, 0.3) is 0 Å². The number of benzene rings is 1. The normalized spacial score (nSPS) is 9.92. The van der Waals surface area contributed by atoms with E-state index in [1.54, 1.807) is 0 Å². The first kappa shape index (κ1) is 8.71. The van der Waals surface area contributed by atoms with E-state index in [0.29, 0.717) is 0 Å². The predicted octanol–water partition coefficient (Wildman–Crippen LogP) is 2.04. The molecule has 64 valence electrons. The molecule has 0 aliphatic carbocycles. The summed E-state index contributed by atoms with van der Waals surface area (Å²) in [6, 6.07) is 2.41. The van der Waals surface area contributed by atoms with Gasteiger partial charge in [0.1, 0.15) is 11.6 Å². The fourth-order valence-corrected chi connectivity index (χ4v) is 1.01. The molecule has 0 aliphatic heterocycles. The van der Waals surface area contributed by atoms with Crippen molar-refractivity contribution in [1.29, 1.82) is 0 Å². The van der Waals surface area contributed by atoms with Crippen LogP contribution in [0.5, 0.6) is 5.75 Å². The third-order valence-corrected chi connectivity index (χ3v) is 1.62. The van der Waals surface area contributed by atoms with Crippen molar-refractivity contribution in [1.82, 2.24) is 0 Å². The monoisotopic (exact) mass is 168 g/mol. The fraction of sp³-hybridized carbons (Fsp3) is 0.222. The average molecular weight is 168 g/mol.